The second-order valence-electron chi connectivity index (χ2n) is 1.66. The molecule has 3 heteroatoms. The molecule has 0 aliphatic rings. The van der Waals surface area contributed by atoms with Crippen LogP contribution in [-0.4, -0.2) is 13.2 Å². The predicted molar refractivity (Wildman–Crippen MR) is 26.5 cm³/mol. The first-order chi connectivity index (χ1) is 3.13. The van der Waals surface area contributed by atoms with Crippen molar-refractivity contribution in [3.05, 3.63) is 5.21 Å². The molecule has 0 saturated heterocycles. The zero-order valence-electron chi connectivity index (χ0n) is 4.89. The Morgan fingerprint density at radius 2 is 2.00 bits per heavy atom. The fourth-order valence-corrected chi connectivity index (χ4v) is 0.332. The van der Waals surface area contributed by atoms with E-state index in [0.29, 0.717) is 0 Å². The van der Waals surface area contributed by atoms with Gasteiger partial charge in [-0.05, 0) is 13.8 Å². The van der Waals surface area contributed by atoms with Crippen LogP contribution in [0.3, 0.4) is 0 Å². The fourth-order valence-electron chi connectivity index (χ4n) is 0.332. The first-order valence-corrected chi connectivity index (χ1v) is 2.30. The number of hydrogen-bond donors (Lipinski definition) is 1. The lowest BCUT2D eigenvalue weighted by Crippen LogP contribution is -3.03. The minimum Gasteiger partial charge on any atom is -0.600 e. The number of hydroxylamine groups is 2. The van der Waals surface area contributed by atoms with Crippen molar-refractivity contribution in [2.75, 3.05) is 7.05 Å². The molecule has 0 fully saturated rings. The molecular formula is C4H11NO2. The summed E-state index contributed by atoms with van der Waals surface area (Å²) in [5, 5.41) is 9.82. The Hall–Kier alpha value is -0.120. The summed E-state index contributed by atoms with van der Waals surface area (Å²) in [7, 11) is 1.40. The topological polar surface area (TPSA) is 36.7 Å². The SMILES string of the molecule is CC(C)O[NH+](C)[O-]. The highest BCUT2D eigenvalue weighted by atomic mass is 16.9. The number of rotatable bonds is 2. The van der Waals surface area contributed by atoms with E-state index in [1.54, 1.807) is 0 Å². The molecule has 0 aliphatic carbocycles. The average Bonchev–Trinajstić information content (AvgIpc) is 1.27. The molecule has 44 valence electrons. The molecule has 0 spiro atoms. The van der Waals surface area contributed by atoms with Crippen LogP contribution in [0.5, 0.6) is 0 Å². The van der Waals surface area contributed by atoms with Gasteiger partial charge >= 0.3 is 0 Å². The van der Waals surface area contributed by atoms with Crippen LogP contribution in [-0.2, 0) is 4.84 Å². The van der Waals surface area contributed by atoms with E-state index in [-0.39, 0.29) is 11.3 Å². The van der Waals surface area contributed by atoms with E-state index in [4.69, 9.17) is 0 Å². The predicted octanol–water partition coefficient (Wildman–Crippen LogP) is -0.661. The van der Waals surface area contributed by atoms with Crippen molar-refractivity contribution in [2.24, 2.45) is 0 Å². The maximum absolute atomic E-state index is 10.0. The second kappa shape index (κ2) is 2.96. The first-order valence-electron chi connectivity index (χ1n) is 2.30. The minimum absolute atomic E-state index is 0.0255. The molecular weight excluding hydrogens is 94.0 g/mol. The summed E-state index contributed by atoms with van der Waals surface area (Å²) >= 11 is 0. The minimum atomic E-state index is -0.213. The van der Waals surface area contributed by atoms with Gasteiger partial charge in [0.2, 0.25) is 0 Å². The molecule has 0 rings (SSSR count). The largest absolute Gasteiger partial charge is 0.600 e. The third kappa shape index (κ3) is 5.88. The normalized spacial score (nSPS) is 15.0. The lowest BCUT2D eigenvalue weighted by Gasteiger charge is -2.15. The molecule has 7 heavy (non-hydrogen) atoms. The third-order valence-electron chi connectivity index (χ3n) is 0.402. The summed E-state index contributed by atoms with van der Waals surface area (Å²) in [6.45, 7) is 3.64. The van der Waals surface area contributed by atoms with Crippen LogP contribution in [0.15, 0.2) is 0 Å². The Bertz CT molecular complexity index is 39.0. The van der Waals surface area contributed by atoms with E-state index in [2.05, 4.69) is 4.84 Å². The van der Waals surface area contributed by atoms with Crippen LogP contribution in [0.2, 0.25) is 0 Å². The van der Waals surface area contributed by atoms with E-state index in [1.807, 2.05) is 13.8 Å². The second-order valence-corrected chi connectivity index (χ2v) is 1.66. The summed E-state index contributed by atoms with van der Waals surface area (Å²) in [4.78, 5) is 4.61. The molecule has 1 N–H and O–H groups in total. The molecule has 3 nitrogen and oxygen atoms in total. The number of quaternary nitrogens is 1. The molecule has 0 heterocycles. The van der Waals surface area contributed by atoms with E-state index in [9.17, 15) is 5.21 Å². The van der Waals surface area contributed by atoms with Gasteiger partial charge in [0.15, 0.2) is 0 Å². The molecule has 1 atom stereocenters. The van der Waals surface area contributed by atoms with Crippen LogP contribution in [0, 0.1) is 5.21 Å². The quantitative estimate of drug-likeness (QED) is 0.473. The Kier molecular flexibility index (Phi) is 2.91. The summed E-state index contributed by atoms with van der Waals surface area (Å²) < 4.78 is 0. The zero-order chi connectivity index (χ0) is 5.86. The van der Waals surface area contributed by atoms with E-state index < -0.39 is 0 Å². The van der Waals surface area contributed by atoms with Crippen LogP contribution in [0.1, 0.15) is 13.8 Å². The van der Waals surface area contributed by atoms with Gasteiger partial charge in [-0.1, -0.05) is 0 Å². The van der Waals surface area contributed by atoms with Gasteiger partial charge in [0.25, 0.3) is 0 Å². The maximum Gasteiger partial charge on any atom is 0.112 e. The Morgan fingerprint density at radius 3 is 2.00 bits per heavy atom. The molecule has 0 radical (unpaired) electrons. The van der Waals surface area contributed by atoms with E-state index in [1.165, 1.54) is 7.05 Å². The van der Waals surface area contributed by atoms with Crippen molar-refractivity contribution >= 4 is 0 Å². The van der Waals surface area contributed by atoms with Crippen molar-refractivity contribution in [1.29, 1.82) is 0 Å². The lowest BCUT2D eigenvalue weighted by atomic mass is 10.5. The summed E-state index contributed by atoms with van der Waals surface area (Å²) in [6.07, 6.45) is 0.0255. The van der Waals surface area contributed by atoms with Crippen molar-refractivity contribution in [3.8, 4) is 0 Å². The van der Waals surface area contributed by atoms with E-state index in [0.717, 1.165) is 0 Å². The Labute approximate surface area is 43.4 Å². The van der Waals surface area contributed by atoms with Gasteiger partial charge in [0.05, 0.1) is 7.05 Å². The molecule has 1 unspecified atom stereocenters. The summed E-state index contributed by atoms with van der Waals surface area (Å²) in [5.41, 5.74) is 0. The lowest BCUT2D eigenvalue weighted by molar-refractivity contribution is -1.04. The van der Waals surface area contributed by atoms with Crippen LogP contribution >= 0.6 is 0 Å². The highest BCUT2D eigenvalue weighted by Crippen LogP contribution is 1.75. The molecule has 0 saturated carbocycles. The van der Waals surface area contributed by atoms with Crippen molar-refractivity contribution in [2.45, 2.75) is 20.0 Å². The Morgan fingerprint density at radius 1 is 1.57 bits per heavy atom. The van der Waals surface area contributed by atoms with E-state index >= 15 is 0 Å². The van der Waals surface area contributed by atoms with Gasteiger partial charge in [0, 0.05) is 0 Å². The number of nitrogens with one attached hydrogen (secondary N) is 1. The van der Waals surface area contributed by atoms with Crippen LogP contribution < -0.4 is 5.23 Å². The van der Waals surface area contributed by atoms with Gasteiger partial charge < -0.3 is 5.21 Å². The third-order valence-corrected chi connectivity index (χ3v) is 0.402. The van der Waals surface area contributed by atoms with Crippen LogP contribution in [0.4, 0.5) is 0 Å². The molecule has 0 bridgehead atoms. The molecule has 0 aromatic heterocycles. The highest BCUT2D eigenvalue weighted by Gasteiger charge is 1.92. The average molecular weight is 105 g/mol. The molecule has 0 aromatic carbocycles. The molecule has 0 amide bonds. The Balaban J connectivity index is 2.95. The zero-order valence-corrected chi connectivity index (χ0v) is 4.89. The van der Waals surface area contributed by atoms with Gasteiger partial charge in [0.1, 0.15) is 6.10 Å². The van der Waals surface area contributed by atoms with Gasteiger partial charge in [-0.15, -0.1) is 0 Å². The molecule has 0 aliphatic heterocycles. The van der Waals surface area contributed by atoms with Crippen LogP contribution in [0.25, 0.3) is 0 Å². The monoisotopic (exact) mass is 105 g/mol. The van der Waals surface area contributed by atoms with Gasteiger partial charge in [-0.3, -0.25) is 0 Å². The van der Waals surface area contributed by atoms with Gasteiger partial charge in [-0.25, -0.2) is 10.1 Å². The fraction of sp³-hybridized carbons (Fsp3) is 1.00. The van der Waals surface area contributed by atoms with Gasteiger partial charge in [-0.2, -0.15) is 0 Å². The van der Waals surface area contributed by atoms with Crippen molar-refractivity contribution in [3.63, 3.8) is 0 Å². The maximum atomic E-state index is 10.0. The standard InChI is InChI=1S/C4H11NO2/c1-4(2)7-5(3)6/h4-5H,1-3H3. The highest BCUT2D eigenvalue weighted by molar-refractivity contribution is 4.25. The number of hydrogen-bond acceptors (Lipinski definition) is 2. The van der Waals surface area contributed by atoms with Crippen molar-refractivity contribution < 1.29 is 10.1 Å². The first kappa shape index (κ1) is 6.88. The van der Waals surface area contributed by atoms with Crippen molar-refractivity contribution in [1.82, 2.24) is 0 Å². The summed E-state index contributed by atoms with van der Waals surface area (Å²) in [5.74, 6) is 0. The summed E-state index contributed by atoms with van der Waals surface area (Å²) in [6, 6.07) is 0. The smallest absolute Gasteiger partial charge is 0.112 e. The molecule has 0 aromatic rings.